The van der Waals surface area contributed by atoms with Gasteiger partial charge in [-0.1, -0.05) is 94.3 Å². The summed E-state index contributed by atoms with van der Waals surface area (Å²) < 4.78 is 6.05. The molecule has 164 valence electrons. The summed E-state index contributed by atoms with van der Waals surface area (Å²) >= 11 is 0. The largest absolute Gasteiger partial charge is 0.384 e. The molecule has 2 atom stereocenters. The van der Waals surface area contributed by atoms with Gasteiger partial charge in [-0.05, 0) is 64.8 Å². The van der Waals surface area contributed by atoms with Crippen molar-refractivity contribution in [1.82, 2.24) is 0 Å². The first-order valence-corrected chi connectivity index (χ1v) is 11.7. The highest BCUT2D eigenvalue weighted by Gasteiger charge is 2.26. The van der Waals surface area contributed by atoms with E-state index in [1.54, 1.807) is 0 Å². The fourth-order valence-electron chi connectivity index (χ4n) is 3.96. The third kappa shape index (κ3) is 6.53. The van der Waals surface area contributed by atoms with Crippen LogP contribution in [-0.4, -0.2) is 23.9 Å². The smallest absolute Gasteiger partial charge is 0.103 e. The van der Waals surface area contributed by atoms with E-state index in [2.05, 4.69) is 87.5 Å². The van der Waals surface area contributed by atoms with E-state index < -0.39 is 6.10 Å². The topological polar surface area (TPSA) is 29.5 Å². The molecule has 0 fully saturated rings. The molecule has 3 rings (SSSR count). The summed E-state index contributed by atoms with van der Waals surface area (Å²) in [5.74, 6) is 0. The molecular formula is C29H36O2. The summed E-state index contributed by atoms with van der Waals surface area (Å²) in [7, 11) is 0. The summed E-state index contributed by atoms with van der Waals surface area (Å²) in [6, 6.07) is 17.2. The molecule has 31 heavy (non-hydrogen) atoms. The number of hydrogen-bond donors (Lipinski definition) is 1. The molecule has 2 nitrogen and oxygen atoms in total. The molecule has 2 aromatic rings. The van der Waals surface area contributed by atoms with Crippen LogP contribution in [0.4, 0.5) is 0 Å². The van der Waals surface area contributed by atoms with Gasteiger partial charge < -0.3 is 9.84 Å². The average Bonchev–Trinajstić information content (AvgIpc) is 2.79. The van der Waals surface area contributed by atoms with Gasteiger partial charge >= 0.3 is 0 Å². The Kier molecular flexibility index (Phi) is 8.87. The van der Waals surface area contributed by atoms with Crippen LogP contribution in [0, 0.1) is 0 Å². The summed E-state index contributed by atoms with van der Waals surface area (Å²) in [4.78, 5) is 0. The van der Waals surface area contributed by atoms with Crippen LogP contribution in [0.3, 0.4) is 0 Å². The Morgan fingerprint density at radius 3 is 1.84 bits per heavy atom. The van der Waals surface area contributed by atoms with Gasteiger partial charge in [0.25, 0.3) is 0 Å². The Labute approximate surface area is 188 Å². The summed E-state index contributed by atoms with van der Waals surface area (Å²) in [6.45, 7) is 7.17. The van der Waals surface area contributed by atoms with Gasteiger partial charge in [-0.2, -0.15) is 0 Å². The molecule has 0 aliphatic heterocycles. The van der Waals surface area contributed by atoms with E-state index in [0.717, 1.165) is 54.4 Å². The van der Waals surface area contributed by atoms with Crippen LogP contribution in [0.5, 0.6) is 0 Å². The Bertz CT molecular complexity index is 901. The van der Waals surface area contributed by atoms with Crippen LogP contribution in [0.25, 0.3) is 12.2 Å². The van der Waals surface area contributed by atoms with E-state index in [1.165, 1.54) is 11.1 Å². The normalized spacial score (nSPS) is 21.2. The maximum Gasteiger partial charge on any atom is 0.103 e. The van der Waals surface area contributed by atoms with Gasteiger partial charge in [-0.25, -0.2) is 0 Å². The Morgan fingerprint density at radius 2 is 1.32 bits per heavy atom. The molecule has 0 saturated carbocycles. The second-order valence-electron chi connectivity index (χ2n) is 8.32. The maximum absolute atomic E-state index is 11.2. The van der Waals surface area contributed by atoms with E-state index >= 15 is 0 Å². The van der Waals surface area contributed by atoms with Gasteiger partial charge in [0.05, 0.1) is 0 Å². The van der Waals surface area contributed by atoms with Gasteiger partial charge in [0.1, 0.15) is 12.2 Å². The van der Waals surface area contributed by atoms with Crippen molar-refractivity contribution in [2.24, 2.45) is 0 Å². The van der Waals surface area contributed by atoms with Gasteiger partial charge in [-0.3, -0.25) is 0 Å². The zero-order valence-electron chi connectivity index (χ0n) is 19.2. The van der Waals surface area contributed by atoms with Crippen molar-refractivity contribution in [2.45, 2.75) is 65.1 Å². The van der Waals surface area contributed by atoms with Crippen LogP contribution >= 0.6 is 0 Å². The molecule has 0 amide bonds. The Morgan fingerprint density at radius 1 is 0.774 bits per heavy atom. The molecule has 0 aromatic heterocycles. The second kappa shape index (κ2) is 11.8. The Hall–Kier alpha value is -2.42. The van der Waals surface area contributed by atoms with Gasteiger partial charge in [0.2, 0.25) is 0 Å². The molecule has 0 spiro atoms. The molecule has 2 aromatic carbocycles. The van der Waals surface area contributed by atoms with Crippen LogP contribution < -0.4 is 0 Å². The lowest BCUT2D eigenvalue weighted by Gasteiger charge is -2.28. The molecule has 0 heterocycles. The van der Waals surface area contributed by atoms with E-state index in [1.807, 2.05) is 6.08 Å². The first-order chi connectivity index (χ1) is 15.1. The third-order valence-corrected chi connectivity index (χ3v) is 5.63. The van der Waals surface area contributed by atoms with E-state index in [9.17, 15) is 5.11 Å². The number of aliphatic hydroxyl groups is 1. The second-order valence-corrected chi connectivity index (χ2v) is 8.32. The zero-order valence-corrected chi connectivity index (χ0v) is 19.2. The quantitative estimate of drug-likeness (QED) is 0.488. The summed E-state index contributed by atoms with van der Waals surface area (Å²) in [5, 5.41) is 11.2. The molecule has 1 N–H and O–H groups in total. The van der Waals surface area contributed by atoms with Crippen LogP contribution in [0.15, 0.2) is 71.8 Å². The van der Waals surface area contributed by atoms with Gasteiger partial charge in [-0.15, -0.1) is 0 Å². The monoisotopic (exact) mass is 416 g/mol. The molecule has 0 saturated heterocycles. The number of aryl methyl sites for hydroxylation is 2. The number of hydrogen-bond acceptors (Lipinski definition) is 2. The molecule has 1 aliphatic rings. The Balaban J connectivity index is 1.88. The molecule has 1 aliphatic carbocycles. The fraction of sp³-hybridized carbons (Fsp3) is 0.379. The highest BCUT2D eigenvalue weighted by Crippen LogP contribution is 2.29. The molecule has 2 heteroatoms. The predicted octanol–water partition coefficient (Wildman–Crippen LogP) is 6.78. The van der Waals surface area contributed by atoms with E-state index in [0.29, 0.717) is 6.61 Å². The van der Waals surface area contributed by atoms with E-state index in [4.69, 9.17) is 4.74 Å². The molecule has 2 unspecified atom stereocenters. The average molecular weight is 417 g/mol. The number of benzene rings is 2. The molecular weight excluding hydrogens is 380 g/mol. The number of rotatable bonds is 9. The summed E-state index contributed by atoms with van der Waals surface area (Å²) in [6.07, 6.45) is 12.8. The first-order valence-electron chi connectivity index (χ1n) is 11.7. The highest BCUT2D eigenvalue weighted by molar-refractivity contribution is 5.65. The van der Waals surface area contributed by atoms with Crippen LogP contribution in [0.2, 0.25) is 0 Å². The minimum Gasteiger partial charge on any atom is -0.384 e. The van der Waals surface area contributed by atoms with Crippen molar-refractivity contribution in [1.29, 1.82) is 0 Å². The molecule has 0 radical (unpaired) electrons. The predicted molar refractivity (Wildman–Crippen MR) is 132 cm³/mol. The lowest BCUT2D eigenvalue weighted by atomic mass is 9.88. The van der Waals surface area contributed by atoms with Crippen molar-refractivity contribution in [2.75, 3.05) is 6.61 Å². The van der Waals surface area contributed by atoms with Crippen molar-refractivity contribution < 1.29 is 9.84 Å². The standard InChI is InChI=1S/C29H36O2/c1-4-7-22-9-13-24(14-10-22)20-26-17-18-28(31-19-6-3)27(29(26)30)21-25-15-11-23(8-5-2)12-16-25/h9-18,20-21,28-30H,4-8,19H2,1-3H3. The van der Waals surface area contributed by atoms with Crippen molar-refractivity contribution in [3.63, 3.8) is 0 Å². The van der Waals surface area contributed by atoms with Crippen molar-refractivity contribution >= 4 is 12.2 Å². The SMILES string of the molecule is CCCOC1C=CC(=Cc2ccc(CCC)cc2)C(O)C1=Cc1ccc(CCC)cc1. The van der Waals surface area contributed by atoms with Gasteiger partial charge in [0, 0.05) is 6.61 Å². The first kappa shape index (κ1) is 23.2. The lowest BCUT2D eigenvalue weighted by Crippen LogP contribution is -2.28. The maximum atomic E-state index is 11.2. The van der Waals surface area contributed by atoms with Crippen LogP contribution in [-0.2, 0) is 17.6 Å². The number of ether oxygens (including phenoxy) is 1. The van der Waals surface area contributed by atoms with Crippen molar-refractivity contribution in [3.05, 3.63) is 94.1 Å². The highest BCUT2D eigenvalue weighted by atomic mass is 16.5. The van der Waals surface area contributed by atoms with E-state index in [-0.39, 0.29) is 6.10 Å². The number of aliphatic hydroxyl groups excluding tert-OH is 1. The minimum absolute atomic E-state index is 0.200. The van der Waals surface area contributed by atoms with Gasteiger partial charge in [0.15, 0.2) is 0 Å². The fourth-order valence-corrected chi connectivity index (χ4v) is 3.96. The minimum atomic E-state index is -0.683. The lowest BCUT2D eigenvalue weighted by molar-refractivity contribution is 0.0892. The zero-order chi connectivity index (χ0) is 22.1. The van der Waals surface area contributed by atoms with Crippen molar-refractivity contribution in [3.8, 4) is 0 Å². The van der Waals surface area contributed by atoms with Crippen LogP contribution in [0.1, 0.15) is 62.3 Å². The third-order valence-electron chi connectivity index (χ3n) is 5.63. The molecule has 0 bridgehead atoms. The summed E-state index contributed by atoms with van der Waals surface area (Å²) in [5.41, 5.74) is 6.69.